The summed E-state index contributed by atoms with van der Waals surface area (Å²) in [6, 6.07) is 17.4. The number of carboxylic acid groups (broad SMARTS) is 1. The van der Waals surface area contributed by atoms with Crippen LogP contribution in [-0.2, 0) is 22.6 Å². The van der Waals surface area contributed by atoms with Crippen molar-refractivity contribution in [3.63, 3.8) is 0 Å². The lowest BCUT2D eigenvalue weighted by molar-refractivity contribution is -0.122. The summed E-state index contributed by atoms with van der Waals surface area (Å²) in [5.41, 5.74) is 7.05. The molecule has 1 aliphatic rings. The fraction of sp³-hybridized carbons (Fsp3) is 0.296. The van der Waals surface area contributed by atoms with Crippen LogP contribution in [0.15, 0.2) is 67.0 Å². The summed E-state index contributed by atoms with van der Waals surface area (Å²) in [5.74, 6) is 0.692. The van der Waals surface area contributed by atoms with Gasteiger partial charge in [0, 0.05) is 35.8 Å². The highest BCUT2D eigenvalue weighted by Gasteiger charge is 2.31. The first-order valence-corrected chi connectivity index (χ1v) is 13.2. The molecule has 36 heavy (non-hydrogen) atoms. The highest BCUT2D eigenvalue weighted by Crippen LogP contribution is 2.43. The minimum atomic E-state index is -0.250. The van der Waals surface area contributed by atoms with Crippen molar-refractivity contribution in [1.82, 2.24) is 10.3 Å². The molecule has 3 aromatic rings. The smallest absolute Gasteiger partial charge is 0.290 e. The third-order valence-corrected chi connectivity index (χ3v) is 7.50. The number of thioether (sulfide) groups is 1. The van der Waals surface area contributed by atoms with Gasteiger partial charge in [0.05, 0.1) is 13.2 Å². The van der Waals surface area contributed by atoms with Crippen molar-refractivity contribution in [2.75, 3.05) is 30.3 Å². The van der Waals surface area contributed by atoms with Gasteiger partial charge in [-0.3, -0.25) is 9.78 Å². The number of benzene rings is 2. The van der Waals surface area contributed by atoms with Crippen LogP contribution in [0, 0.1) is 12.7 Å². The SMILES string of the molecule is Cc1cc(CCNCCOCc2cccnc2)ccc1N1C(=P)CSC1c1ccc(F)cc1.O=CO. The maximum Gasteiger partial charge on any atom is 0.290 e. The minimum Gasteiger partial charge on any atom is -0.483 e. The molecule has 9 heteroatoms. The van der Waals surface area contributed by atoms with Crippen molar-refractivity contribution in [3.05, 3.63) is 95.1 Å². The van der Waals surface area contributed by atoms with E-state index in [9.17, 15) is 4.39 Å². The highest BCUT2D eigenvalue weighted by atomic mass is 32.2. The van der Waals surface area contributed by atoms with Crippen molar-refractivity contribution in [1.29, 1.82) is 0 Å². The summed E-state index contributed by atoms with van der Waals surface area (Å²) in [6.07, 6.45) is 4.56. The second-order valence-corrected chi connectivity index (χ2v) is 9.82. The molecule has 0 amide bonds. The summed E-state index contributed by atoms with van der Waals surface area (Å²) in [5, 5.41) is 10.5. The van der Waals surface area contributed by atoms with E-state index >= 15 is 0 Å². The number of nitrogens with one attached hydrogen (secondary N) is 1. The van der Waals surface area contributed by atoms with E-state index < -0.39 is 0 Å². The molecule has 1 unspecified atom stereocenters. The number of aromatic nitrogens is 1. The van der Waals surface area contributed by atoms with Gasteiger partial charge in [-0.15, -0.1) is 11.8 Å². The molecule has 6 nitrogen and oxygen atoms in total. The van der Waals surface area contributed by atoms with Crippen molar-refractivity contribution >= 4 is 38.2 Å². The predicted octanol–water partition coefficient (Wildman–Crippen LogP) is 5.10. The Morgan fingerprint density at radius 2 is 2.00 bits per heavy atom. The lowest BCUT2D eigenvalue weighted by atomic mass is 10.1. The Kier molecular flexibility index (Phi) is 11.4. The average molecular weight is 528 g/mol. The summed E-state index contributed by atoms with van der Waals surface area (Å²) < 4.78 is 19.1. The number of aryl methyl sites for hydroxylation is 1. The van der Waals surface area contributed by atoms with Crippen LogP contribution >= 0.6 is 20.6 Å². The summed E-state index contributed by atoms with van der Waals surface area (Å²) in [7, 11) is 3.81. The largest absolute Gasteiger partial charge is 0.483 e. The summed E-state index contributed by atoms with van der Waals surface area (Å²) in [6.45, 7) is 4.90. The Morgan fingerprint density at radius 3 is 2.69 bits per heavy atom. The zero-order chi connectivity index (χ0) is 25.8. The van der Waals surface area contributed by atoms with E-state index in [1.807, 2.05) is 42.2 Å². The lowest BCUT2D eigenvalue weighted by Crippen LogP contribution is -2.27. The van der Waals surface area contributed by atoms with Gasteiger partial charge in [0.15, 0.2) is 0 Å². The van der Waals surface area contributed by atoms with Crippen LogP contribution in [0.4, 0.5) is 10.1 Å². The van der Waals surface area contributed by atoms with Crippen LogP contribution in [0.2, 0.25) is 0 Å². The summed E-state index contributed by atoms with van der Waals surface area (Å²) >= 11 is 1.84. The first kappa shape index (κ1) is 27.8. The second-order valence-electron chi connectivity index (χ2n) is 8.17. The number of hydrogen-bond donors (Lipinski definition) is 2. The van der Waals surface area contributed by atoms with Crippen LogP contribution < -0.4 is 10.2 Å². The Morgan fingerprint density at radius 1 is 1.22 bits per heavy atom. The number of anilines is 1. The molecule has 4 rings (SSSR count). The van der Waals surface area contributed by atoms with E-state index in [1.54, 1.807) is 6.20 Å². The van der Waals surface area contributed by atoms with Gasteiger partial charge in [0.2, 0.25) is 0 Å². The lowest BCUT2D eigenvalue weighted by Gasteiger charge is -2.28. The normalized spacial score (nSPS) is 14.9. The molecule has 0 aliphatic carbocycles. The van der Waals surface area contributed by atoms with Crippen molar-refractivity contribution in [2.24, 2.45) is 0 Å². The van der Waals surface area contributed by atoms with Crippen LogP contribution in [0.1, 0.15) is 27.6 Å². The Bertz CT molecular complexity index is 1120. The minimum absolute atomic E-state index is 0.135. The van der Waals surface area contributed by atoms with Crippen molar-refractivity contribution in [2.45, 2.75) is 25.3 Å². The van der Waals surface area contributed by atoms with Gasteiger partial charge < -0.3 is 20.1 Å². The van der Waals surface area contributed by atoms with Crippen LogP contribution in [0.5, 0.6) is 0 Å². The maximum absolute atomic E-state index is 13.4. The van der Waals surface area contributed by atoms with E-state index in [1.165, 1.54) is 28.9 Å². The van der Waals surface area contributed by atoms with Gasteiger partial charge in [-0.2, -0.15) is 0 Å². The second kappa shape index (κ2) is 14.7. The molecule has 0 bridgehead atoms. The molecule has 2 heterocycles. The standard InChI is InChI=1S/C26H29FN3OPS.CH2O2/c1-19-15-20(10-12-28-13-14-31-17-21-3-2-11-29-16-21)4-9-24(19)30-25(32)18-33-26(30)22-5-7-23(27)8-6-22;2-1-3/h2-9,11,15-16,26,28,32H,10,12-14,17-18H2,1H3;1H,(H,2,3). The van der Waals surface area contributed by atoms with E-state index in [0.29, 0.717) is 13.2 Å². The Labute approximate surface area is 218 Å². The summed E-state index contributed by atoms with van der Waals surface area (Å²) in [4.78, 5) is 14.8. The maximum atomic E-state index is 13.4. The van der Waals surface area contributed by atoms with Gasteiger partial charge >= 0.3 is 0 Å². The zero-order valence-corrected chi connectivity index (χ0v) is 22.0. The molecule has 2 aromatic carbocycles. The number of pyridine rings is 1. The molecule has 1 aliphatic heterocycles. The predicted molar refractivity (Wildman–Crippen MR) is 148 cm³/mol. The monoisotopic (exact) mass is 527 g/mol. The first-order valence-electron chi connectivity index (χ1n) is 11.6. The van der Waals surface area contributed by atoms with E-state index in [2.05, 4.69) is 49.2 Å². The fourth-order valence-electron chi connectivity index (χ4n) is 3.91. The molecule has 1 fully saturated rings. The number of hydrogen-bond acceptors (Lipinski definition) is 5. The third-order valence-electron chi connectivity index (χ3n) is 5.58. The van der Waals surface area contributed by atoms with E-state index in [0.717, 1.165) is 41.8 Å². The quantitative estimate of drug-likeness (QED) is 0.216. The van der Waals surface area contributed by atoms with Gasteiger partial charge in [0.1, 0.15) is 11.2 Å². The first-order chi connectivity index (χ1) is 17.5. The number of halogens is 1. The van der Waals surface area contributed by atoms with Gasteiger partial charge in [0.25, 0.3) is 6.47 Å². The van der Waals surface area contributed by atoms with Crippen molar-refractivity contribution < 1.29 is 19.0 Å². The van der Waals surface area contributed by atoms with Gasteiger partial charge in [-0.05, 0) is 66.4 Å². The van der Waals surface area contributed by atoms with Crippen LogP contribution in [0.25, 0.3) is 0 Å². The molecule has 0 radical (unpaired) electrons. The molecule has 1 atom stereocenters. The fourth-order valence-corrected chi connectivity index (χ4v) is 5.69. The molecular formula is C27H31FN3O3PS. The average Bonchev–Trinajstić information content (AvgIpc) is 3.26. The topological polar surface area (TPSA) is 74.7 Å². The van der Waals surface area contributed by atoms with E-state index in [4.69, 9.17) is 14.6 Å². The molecule has 1 saturated heterocycles. The molecule has 2 N–H and O–H groups in total. The third kappa shape index (κ3) is 8.14. The number of rotatable bonds is 10. The number of nitrogens with zero attached hydrogens (tertiary/aromatic N) is 2. The Hall–Kier alpha value is -2.77. The van der Waals surface area contributed by atoms with Gasteiger partial charge in [-0.1, -0.05) is 39.2 Å². The Balaban J connectivity index is 0.00000115. The highest BCUT2D eigenvalue weighted by molar-refractivity contribution is 8.01. The number of ether oxygens (including phenoxy) is 1. The van der Waals surface area contributed by atoms with Crippen LogP contribution in [0.3, 0.4) is 0 Å². The zero-order valence-electron chi connectivity index (χ0n) is 20.2. The molecular weight excluding hydrogens is 496 g/mol. The van der Waals surface area contributed by atoms with Gasteiger partial charge in [-0.25, -0.2) is 4.39 Å². The number of carbonyl (C=O) groups is 1. The molecule has 0 spiro atoms. The molecule has 0 saturated carbocycles. The van der Waals surface area contributed by atoms with Crippen LogP contribution in [-0.4, -0.2) is 47.4 Å². The van der Waals surface area contributed by atoms with E-state index in [-0.39, 0.29) is 17.7 Å². The van der Waals surface area contributed by atoms with Crippen molar-refractivity contribution in [3.8, 4) is 0 Å². The molecule has 190 valence electrons. The molecule has 1 aromatic heterocycles.